The molecule has 0 nitrogen and oxygen atoms in total. The SMILES string of the molecule is CCC(C)C1=CC=CC1[Si](C)(CC)c1ccccc1. The molecule has 0 spiro atoms. The molecule has 0 saturated heterocycles. The molecule has 1 aromatic carbocycles. The highest BCUT2D eigenvalue weighted by Crippen LogP contribution is 2.41. The van der Waals surface area contributed by atoms with Crippen LogP contribution < -0.4 is 5.19 Å². The largest absolute Gasteiger partial charge is 0.0942 e. The van der Waals surface area contributed by atoms with Crippen molar-refractivity contribution >= 4 is 13.3 Å². The lowest BCUT2D eigenvalue weighted by atomic mass is 9.97. The summed E-state index contributed by atoms with van der Waals surface area (Å²) in [5.41, 5.74) is 2.36. The van der Waals surface area contributed by atoms with Crippen molar-refractivity contribution in [1.29, 1.82) is 0 Å². The third-order valence-corrected chi connectivity index (χ3v) is 10.0. The summed E-state index contributed by atoms with van der Waals surface area (Å²) >= 11 is 0. The summed E-state index contributed by atoms with van der Waals surface area (Å²) < 4.78 is 0. The van der Waals surface area contributed by atoms with E-state index in [9.17, 15) is 0 Å². The third kappa shape index (κ3) is 2.62. The molecule has 19 heavy (non-hydrogen) atoms. The predicted molar refractivity (Wildman–Crippen MR) is 88.6 cm³/mol. The van der Waals surface area contributed by atoms with Gasteiger partial charge in [0.15, 0.2) is 0 Å². The number of benzene rings is 1. The molecule has 0 aliphatic heterocycles. The molecule has 1 aliphatic rings. The second-order valence-corrected chi connectivity index (χ2v) is 10.7. The van der Waals surface area contributed by atoms with Crippen molar-refractivity contribution < 1.29 is 0 Å². The quantitative estimate of drug-likeness (QED) is 0.667. The van der Waals surface area contributed by atoms with E-state index in [1.807, 2.05) is 0 Å². The van der Waals surface area contributed by atoms with E-state index in [4.69, 9.17) is 0 Å². The van der Waals surface area contributed by atoms with Crippen LogP contribution in [-0.2, 0) is 0 Å². The van der Waals surface area contributed by atoms with Gasteiger partial charge in [0.2, 0.25) is 0 Å². The molecule has 1 aliphatic carbocycles. The molecule has 3 atom stereocenters. The Hall–Kier alpha value is -1.08. The smallest absolute Gasteiger partial charge is 0.0797 e. The molecule has 0 heterocycles. The van der Waals surface area contributed by atoms with E-state index in [-0.39, 0.29) is 0 Å². The van der Waals surface area contributed by atoms with Gasteiger partial charge in [-0.2, -0.15) is 0 Å². The molecular weight excluding hydrogens is 244 g/mol. The fourth-order valence-corrected chi connectivity index (χ4v) is 7.02. The standard InChI is InChI=1S/C18H26Si/c1-5-15(3)17-13-10-14-18(17)19(4,6-2)16-11-8-7-9-12-16/h7-15,18H,5-6H2,1-4H3. The van der Waals surface area contributed by atoms with E-state index in [1.165, 1.54) is 12.5 Å². The monoisotopic (exact) mass is 270 g/mol. The minimum atomic E-state index is -1.46. The Morgan fingerprint density at radius 3 is 2.42 bits per heavy atom. The highest BCUT2D eigenvalue weighted by Gasteiger charge is 2.39. The van der Waals surface area contributed by atoms with Crippen LogP contribution in [0.15, 0.2) is 54.1 Å². The first-order chi connectivity index (χ1) is 9.13. The van der Waals surface area contributed by atoms with Crippen LogP contribution in [0.1, 0.15) is 27.2 Å². The maximum absolute atomic E-state index is 2.55. The number of hydrogen-bond donors (Lipinski definition) is 0. The normalized spacial score (nSPS) is 22.9. The van der Waals surface area contributed by atoms with Gasteiger partial charge in [-0.1, -0.05) is 92.7 Å². The van der Waals surface area contributed by atoms with Crippen molar-refractivity contribution in [1.82, 2.24) is 0 Å². The van der Waals surface area contributed by atoms with Crippen LogP contribution in [0, 0.1) is 5.92 Å². The number of allylic oxidation sites excluding steroid dienone is 4. The van der Waals surface area contributed by atoms with Gasteiger partial charge >= 0.3 is 0 Å². The summed E-state index contributed by atoms with van der Waals surface area (Å²) in [6, 6.07) is 12.5. The first-order valence-electron chi connectivity index (χ1n) is 7.57. The van der Waals surface area contributed by atoms with Gasteiger partial charge in [-0.15, -0.1) is 0 Å². The Morgan fingerprint density at radius 2 is 1.84 bits per heavy atom. The van der Waals surface area contributed by atoms with Crippen LogP contribution in [-0.4, -0.2) is 8.07 Å². The Morgan fingerprint density at radius 1 is 1.16 bits per heavy atom. The molecule has 1 aromatic rings. The molecule has 1 heteroatoms. The molecule has 0 N–H and O–H groups in total. The molecule has 102 valence electrons. The molecule has 0 saturated carbocycles. The van der Waals surface area contributed by atoms with Crippen molar-refractivity contribution in [2.24, 2.45) is 5.92 Å². The number of hydrogen-bond acceptors (Lipinski definition) is 0. The highest BCUT2D eigenvalue weighted by molar-refractivity contribution is 6.92. The van der Waals surface area contributed by atoms with Crippen molar-refractivity contribution in [2.45, 2.75) is 45.3 Å². The second kappa shape index (κ2) is 5.92. The van der Waals surface area contributed by atoms with E-state index in [1.54, 1.807) is 10.8 Å². The molecule has 3 unspecified atom stereocenters. The van der Waals surface area contributed by atoms with E-state index >= 15 is 0 Å². The lowest BCUT2D eigenvalue weighted by Gasteiger charge is -2.36. The zero-order chi connectivity index (χ0) is 13.9. The summed E-state index contributed by atoms with van der Waals surface area (Å²) in [7, 11) is -1.46. The Bertz CT molecular complexity index is 472. The summed E-state index contributed by atoms with van der Waals surface area (Å²) in [5, 5.41) is 1.60. The van der Waals surface area contributed by atoms with Crippen LogP contribution in [0.5, 0.6) is 0 Å². The predicted octanol–water partition coefficient (Wildman–Crippen LogP) is 4.90. The van der Waals surface area contributed by atoms with Crippen molar-refractivity contribution in [3.05, 3.63) is 54.1 Å². The first-order valence-corrected chi connectivity index (χ1v) is 10.4. The molecule has 0 amide bonds. The zero-order valence-electron chi connectivity index (χ0n) is 12.7. The van der Waals surface area contributed by atoms with Crippen LogP contribution >= 0.6 is 0 Å². The summed E-state index contributed by atoms with van der Waals surface area (Å²) in [6.45, 7) is 9.61. The van der Waals surface area contributed by atoms with Gasteiger partial charge in [-0.05, 0) is 17.9 Å². The van der Waals surface area contributed by atoms with Crippen molar-refractivity contribution in [3.8, 4) is 0 Å². The van der Waals surface area contributed by atoms with E-state index in [2.05, 4.69) is 75.9 Å². The zero-order valence-corrected chi connectivity index (χ0v) is 13.7. The topological polar surface area (TPSA) is 0 Å². The lowest BCUT2D eigenvalue weighted by Crippen LogP contribution is -2.48. The maximum atomic E-state index is 2.55. The van der Waals surface area contributed by atoms with Crippen molar-refractivity contribution in [2.75, 3.05) is 0 Å². The first kappa shape index (κ1) is 14.3. The third-order valence-electron chi connectivity index (χ3n) is 4.99. The summed E-state index contributed by atoms with van der Waals surface area (Å²) in [5.74, 6) is 0.710. The summed E-state index contributed by atoms with van der Waals surface area (Å²) in [6.07, 6.45) is 8.37. The Balaban J connectivity index is 2.37. The van der Waals surface area contributed by atoms with Gasteiger partial charge in [-0.25, -0.2) is 0 Å². The van der Waals surface area contributed by atoms with Gasteiger partial charge in [0.1, 0.15) is 0 Å². The van der Waals surface area contributed by atoms with Gasteiger partial charge in [0.05, 0.1) is 8.07 Å². The maximum Gasteiger partial charge on any atom is 0.0942 e. The molecule has 0 aromatic heterocycles. The number of rotatable bonds is 5. The Labute approximate surface area is 119 Å². The Kier molecular flexibility index (Phi) is 4.46. The van der Waals surface area contributed by atoms with Gasteiger partial charge in [0.25, 0.3) is 0 Å². The molecule has 2 rings (SSSR count). The summed E-state index contributed by atoms with van der Waals surface area (Å²) in [4.78, 5) is 0. The second-order valence-electron chi connectivity index (χ2n) is 5.98. The highest BCUT2D eigenvalue weighted by atomic mass is 28.3. The molecule has 0 bridgehead atoms. The van der Waals surface area contributed by atoms with Crippen LogP contribution in [0.25, 0.3) is 0 Å². The molecule has 0 fully saturated rings. The minimum Gasteiger partial charge on any atom is -0.0797 e. The van der Waals surface area contributed by atoms with E-state index in [0.29, 0.717) is 11.5 Å². The fraction of sp³-hybridized carbons (Fsp3) is 0.444. The van der Waals surface area contributed by atoms with Gasteiger partial charge < -0.3 is 0 Å². The van der Waals surface area contributed by atoms with Crippen molar-refractivity contribution in [3.63, 3.8) is 0 Å². The average molecular weight is 270 g/mol. The van der Waals surface area contributed by atoms with Crippen LogP contribution in [0.4, 0.5) is 0 Å². The van der Waals surface area contributed by atoms with E-state index < -0.39 is 8.07 Å². The lowest BCUT2D eigenvalue weighted by molar-refractivity contribution is 0.642. The van der Waals surface area contributed by atoms with Crippen LogP contribution in [0.3, 0.4) is 0 Å². The molecule has 0 radical (unpaired) electrons. The van der Waals surface area contributed by atoms with Gasteiger partial charge in [-0.3, -0.25) is 0 Å². The minimum absolute atomic E-state index is 0.690. The van der Waals surface area contributed by atoms with Gasteiger partial charge in [0, 0.05) is 0 Å². The van der Waals surface area contributed by atoms with Crippen LogP contribution in [0.2, 0.25) is 18.1 Å². The molecular formula is C18H26Si. The van der Waals surface area contributed by atoms with E-state index in [0.717, 1.165) is 0 Å². The fourth-order valence-electron chi connectivity index (χ4n) is 3.20. The average Bonchev–Trinajstić information content (AvgIpc) is 2.96.